The summed E-state index contributed by atoms with van der Waals surface area (Å²) in [5.74, 6) is 0. The maximum absolute atomic E-state index is 10.8. The molecule has 2 aliphatic rings. The van der Waals surface area contributed by atoms with Gasteiger partial charge in [0.15, 0.2) is 0 Å². The molecule has 1 aliphatic heterocycles. The summed E-state index contributed by atoms with van der Waals surface area (Å²) in [5, 5.41) is 10.8. The molecule has 3 atom stereocenters. The van der Waals surface area contributed by atoms with Crippen molar-refractivity contribution in [1.29, 1.82) is 0 Å². The van der Waals surface area contributed by atoms with Crippen molar-refractivity contribution in [3.05, 3.63) is 35.9 Å². The minimum absolute atomic E-state index is 0.389. The van der Waals surface area contributed by atoms with Crippen molar-refractivity contribution in [3.63, 3.8) is 0 Å². The van der Waals surface area contributed by atoms with E-state index in [1.165, 1.54) is 19.3 Å². The first kappa shape index (κ1) is 13.1. The van der Waals surface area contributed by atoms with Crippen LogP contribution in [0.5, 0.6) is 0 Å². The molecule has 0 bridgehead atoms. The maximum atomic E-state index is 10.8. The fraction of sp³-hybridized carbons (Fsp3) is 0.625. The number of nitrogens with zero attached hydrogens (tertiary/aromatic N) is 1. The van der Waals surface area contributed by atoms with Crippen LogP contribution in [0.15, 0.2) is 30.3 Å². The summed E-state index contributed by atoms with van der Waals surface area (Å²) in [5.41, 5.74) is 0.210. The molecule has 1 saturated carbocycles. The standard InChI is InChI=1S/C16H23NO2/c1-16(18,13-6-3-2-4-7-13)12-17-10-11-19-15-9-5-8-14(15)17/h2-4,6-7,14-15,18H,5,8-12H2,1H3. The molecule has 3 heteroatoms. The van der Waals surface area contributed by atoms with E-state index in [9.17, 15) is 5.11 Å². The van der Waals surface area contributed by atoms with Gasteiger partial charge in [-0.25, -0.2) is 0 Å². The lowest BCUT2D eigenvalue weighted by molar-refractivity contribution is -0.0854. The number of fused-ring (bicyclic) bond motifs is 1. The van der Waals surface area contributed by atoms with Crippen LogP contribution in [0.2, 0.25) is 0 Å². The summed E-state index contributed by atoms with van der Waals surface area (Å²) < 4.78 is 5.83. The van der Waals surface area contributed by atoms with Crippen molar-refractivity contribution >= 4 is 0 Å². The zero-order valence-electron chi connectivity index (χ0n) is 11.6. The third-order valence-corrected chi connectivity index (χ3v) is 4.50. The lowest BCUT2D eigenvalue weighted by Crippen LogP contribution is -2.52. The second-order valence-electron chi connectivity index (χ2n) is 6.02. The minimum Gasteiger partial charge on any atom is -0.384 e. The molecule has 0 spiro atoms. The summed E-state index contributed by atoms with van der Waals surface area (Å²) in [4.78, 5) is 2.42. The Hall–Kier alpha value is -0.900. The first-order valence-electron chi connectivity index (χ1n) is 7.30. The van der Waals surface area contributed by atoms with Crippen LogP contribution in [0.1, 0.15) is 31.7 Å². The molecule has 0 amide bonds. The van der Waals surface area contributed by atoms with Gasteiger partial charge >= 0.3 is 0 Å². The summed E-state index contributed by atoms with van der Waals surface area (Å²) in [6, 6.07) is 10.5. The Bertz CT molecular complexity index is 418. The highest BCUT2D eigenvalue weighted by Gasteiger charge is 2.39. The number of hydrogen-bond donors (Lipinski definition) is 1. The molecule has 0 aromatic heterocycles. The van der Waals surface area contributed by atoms with E-state index in [4.69, 9.17) is 4.74 Å². The molecule has 104 valence electrons. The quantitative estimate of drug-likeness (QED) is 0.905. The van der Waals surface area contributed by atoms with Gasteiger partial charge in [-0.1, -0.05) is 30.3 Å². The molecular formula is C16H23NO2. The molecule has 2 fully saturated rings. The van der Waals surface area contributed by atoms with Crippen LogP contribution in [-0.4, -0.2) is 41.8 Å². The molecule has 1 aliphatic carbocycles. The Morgan fingerprint density at radius 2 is 2.11 bits per heavy atom. The van der Waals surface area contributed by atoms with E-state index in [0.717, 1.165) is 18.7 Å². The number of aliphatic hydroxyl groups is 1. The van der Waals surface area contributed by atoms with Crippen LogP contribution >= 0.6 is 0 Å². The van der Waals surface area contributed by atoms with Crippen LogP contribution in [0.4, 0.5) is 0 Å². The molecule has 0 radical (unpaired) electrons. The second-order valence-corrected chi connectivity index (χ2v) is 6.02. The largest absolute Gasteiger partial charge is 0.384 e. The fourth-order valence-electron chi connectivity index (χ4n) is 3.49. The van der Waals surface area contributed by atoms with Gasteiger partial charge in [0.25, 0.3) is 0 Å². The summed E-state index contributed by atoms with van der Waals surface area (Å²) in [6.07, 6.45) is 4.02. The first-order valence-corrected chi connectivity index (χ1v) is 7.30. The third-order valence-electron chi connectivity index (χ3n) is 4.50. The molecule has 3 unspecified atom stereocenters. The van der Waals surface area contributed by atoms with E-state index in [2.05, 4.69) is 4.90 Å². The average Bonchev–Trinajstić information content (AvgIpc) is 2.89. The van der Waals surface area contributed by atoms with E-state index in [0.29, 0.717) is 18.7 Å². The van der Waals surface area contributed by atoms with Crippen molar-refractivity contribution in [2.24, 2.45) is 0 Å². The van der Waals surface area contributed by atoms with E-state index in [1.54, 1.807) is 0 Å². The van der Waals surface area contributed by atoms with E-state index in [-0.39, 0.29) is 0 Å². The molecule has 1 heterocycles. The van der Waals surface area contributed by atoms with Crippen molar-refractivity contribution < 1.29 is 9.84 Å². The monoisotopic (exact) mass is 261 g/mol. The highest BCUT2D eigenvalue weighted by atomic mass is 16.5. The summed E-state index contributed by atoms with van der Waals surface area (Å²) in [7, 11) is 0. The molecule has 3 rings (SSSR count). The lowest BCUT2D eigenvalue weighted by atomic mass is 9.94. The van der Waals surface area contributed by atoms with Gasteiger partial charge in [-0.3, -0.25) is 4.90 Å². The Morgan fingerprint density at radius 1 is 1.32 bits per heavy atom. The Kier molecular flexibility index (Phi) is 3.61. The van der Waals surface area contributed by atoms with E-state index < -0.39 is 5.60 Å². The maximum Gasteiger partial charge on any atom is 0.0994 e. The summed E-state index contributed by atoms with van der Waals surface area (Å²) in [6.45, 7) is 4.35. The molecule has 1 saturated heterocycles. The fourth-order valence-corrected chi connectivity index (χ4v) is 3.49. The second kappa shape index (κ2) is 5.23. The van der Waals surface area contributed by atoms with Gasteiger partial charge in [0, 0.05) is 19.1 Å². The zero-order valence-corrected chi connectivity index (χ0v) is 11.6. The van der Waals surface area contributed by atoms with Crippen LogP contribution < -0.4 is 0 Å². The highest BCUT2D eigenvalue weighted by molar-refractivity contribution is 5.22. The highest BCUT2D eigenvalue weighted by Crippen LogP contribution is 2.32. The van der Waals surface area contributed by atoms with E-state index in [1.807, 2.05) is 37.3 Å². The molecule has 1 aromatic carbocycles. The average molecular weight is 261 g/mol. The summed E-state index contributed by atoms with van der Waals surface area (Å²) >= 11 is 0. The number of morpholine rings is 1. The van der Waals surface area contributed by atoms with Gasteiger partial charge in [-0.15, -0.1) is 0 Å². The van der Waals surface area contributed by atoms with Gasteiger partial charge in [-0.2, -0.15) is 0 Å². The SMILES string of the molecule is CC(O)(CN1CCOC2CCCC21)c1ccccc1. The van der Waals surface area contributed by atoms with Gasteiger partial charge in [0.05, 0.1) is 18.3 Å². The zero-order chi connectivity index (χ0) is 13.3. The minimum atomic E-state index is -0.786. The van der Waals surface area contributed by atoms with Crippen molar-refractivity contribution in [3.8, 4) is 0 Å². The number of ether oxygens (including phenoxy) is 1. The predicted molar refractivity (Wildman–Crippen MR) is 75.0 cm³/mol. The van der Waals surface area contributed by atoms with Crippen molar-refractivity contribution in [2.75, 3.05) is 19.7 Å². The Balaban J connectivity index is 1.73. The number of hydrogen-bond acceptors (Lipinski definition) is 3. The molecule has 1 aromatic rings. The van der Waals surface area contributed by atoms with E-state index >= 15 is 0 Å². The van der Waals surface area contributed by atoms with Gasteiger partial charge in [-0.05, 0) is 31.7 Å². The van der Waals surface area contributed by atoms with Crippen molar-refractivity contribution in [2.45, 2.75) is 43.9 Å². The lowest BCUT2D eigenvalue weighted by Gasteiger charge is -2.41. The molecule has 1 N–H and O–H groups in total. The molecule has 3 nitrogen and oxygen atoms in total. The predicted octanol–water partition coefficient (Wildman–Crippen LogP) is 2.15. The number of rotatable bonds is 3. The topological polar surface area (TPSA) is 32.7 Å². The Labute approximate surface area is 115 Å². The van der Waals surface area contributed by atoms with Crippen molar-refractivity contribution in [1.82, 2.24) is 4.90 Å². The number of benzene rings is 1. The Morgan fingerprint density at radius 3 is 2.89 bits per heavy atom. The normalized spacial score (nSPS) is 30.8. The third kappa shape index (κ3) is 2.69. The number of β-amino-alcohol motifs (C(OH)–C–C–N with tert-alkyl or cyclic N) is 1. The van der Waals surface area contributed by atoms with Gasteiger partial charge < -0.3 is 9.84 Å². The van der Waals surface area contributed by atoms with Crippen LogP contribution in [-0.2, 0) is 10.3 Å². The van der Waals surface area contributed by atoms with Gasteiger partial charge in [0.1, 0.15) is 0 Å². The van der Waals surface area contributed by atoms with Crippen LogP contribution in [0, 0.1) is 0 Å². The first-order chi connectivity index (χ1) is 9.17. The van der Waals surface area contributed by atoms with Crippen LogP contribution in [0.25, 0.3) is 0 Å². The van der Waals surface area contributed by atoms with Gasteiger partial charge in [0.2, 0.25) is 0 Å². The molecule has 19 heavy (non-hydrogen) atoms. The molecular weight excluding hydrogens is 238 g/mol. The smallest absolute Gasteiger partial charge is 0.0994 e. The van der Waals surface area contributed by atoms with Crippen LogP contribution in [0.3, 0.4) is 0 Å².